The molecule has 0 atom stereocenters. The van der Waals surface area contributed by atoms with Crippen LogP contribution in [0.25, 0.3) is 11.0 Å². The third-order valence-electron chi connectivity index (χ3n) is 2.29. The topological polar surface area (TPSA) is 55.0 Å². The molecule has 1 aromatic heterocycles. The molecule has 0 aliphatic rings. The standard InChI is InChI=1S/C11H12N2O2/c1-6(14)9-4-8(15-3)5-10-11(9)13-7(2)12-10/h4-5H,1-3H3,(H,12,13). The number of imidazole rings is 1. The van der Waals surface area contributed by atoms with Gasteiger partial charge in [0.15, 0.2) is 5.78 Å². The molecule has 0 saturated heterocycles. The summed E-state index contributed by atoms with van der Waals surface area (Å²) in [5.41, 5.74) is 2.13. The number of ketones is 1. The van der Waals surface area contributed by atoms with Crippen molar-refractivity contribution in [1.29, 1.82) is 0 Å². The number of hydrogen-bond acceptors (Lipinski definition) is 3. The van der Waals surface area contributed by atoms with E-state index in [9.17, 15) is 4.79 Å². The number of aryl methyl sites for hydroxylation is 1. The monoisotopic (exact) mass is 204 g/mol. The van der Waals surface area contributed by atoms with Crippen LogP contribution in [-0.4, -0.2) is 22.9 Å². The average Bonchev–Trinajstić information content (AvgIpc) is 2.55. The molecule has 0 aliphatic carbocycles. The van der Waals surface area contributed by atoms with Crippen molar-refractivity contribution in [3.05, 3.63) is 23.5 Å². The molecule has 2 aromatic rings. The number of benzene rings is 1. The molecule has 0 aliphatic heterocycles. The first-order valence-electron chi connectivity index (χ1n) is 4.67. The number of ether oxygens (including phenoxy) is 1. The van der Waals surface area contributed by atoms with Crippen LogP contribution in [0, 0.1) is 6.92 Å². The number of nitrogens with zero attached hydrogens (tertiary/aromatic N) is 1. The molecular weight excluding hydrogens is 192 g/mol. The van der Waals surface area contributed by atoms with Crippen LogP contribution in [0.5, 0.6) is 5.75 Å². The summed E-state index contributed by atoms with van der Waals surface area (Å²) in [6, 6.07) is 3.55. The molecule has 4 heteroatoms. The van der Waals surface area contributed by atoms with E-state index in [0.29, 0.717) is 16.8 Å². The van der Waals surface area contributed by atoms with Crippen molar-refractivity contribution in [2.45, 2.75) is 13.8 Å². The van der Waals surface area contributed by atoms with Gasteiger partial charge in [-0.25, -0.2) is 4.98 Å². The highest BCUT2D eigenvalue weighted by Crippen LogP contribution is 2.23. The third-order valence-corrected chi connectivity index (χ3v) is 2.29. The Morgan fingerprint density at radius 3 is 2.80 bits per heavy atom. The fourth-order valence-corrected chi connectivity index (χ4v) is 1.60. The van der Waals surface area contributed by atoms with Crippen LogP contribution in [-0.2, 0) is 0 Å². The number of rotatable bonds is 2. The average molecular weight is 204 g/mol. The minimum absolute atomic E-state index is 0.00889. The summed E-state index contributed by atoms with van der Waals surface area (Å²) in [4.78, 5) is 18.8. The highest BCUT2D eigenvalue weighted by atomic mass is 16.5. The number of H-pyrrole nitrogens is 1. The van der Waals surface area contributed by atoms with Gasteiger partial charge in [-0.2, -0.15) is 0 Å². The van der Waals surface area contributed by atoms with Crippen LogP contribution in [0.4, 0.5) is 0 Å². The Bertz CT molecular complexity index is 529. The highest BCUT2D eigenvalue weighted by molar-refractivity contribution is 6.05. The molecule has 1 N–H and O–H groups in total. The van der Waals surface area contributed by atoms with E-state index >= 15 is 0 Å². The van der Waals surface area contributed by atoms with Crippen LogP contribution in [0.1, 0.15) is 23.1 Å². The van der Waals surface area contributed by atoms with Gasteiger partial charge in [-0.15, -0.1) is 0 Å². The number of carbonyl (C=O) groups is 1. The molecular formula is C11H12N2O2. The summed E-state index contributed by atoms with van der Waals surface area (Å²) in [6.45, 7) is 3.38. The molecule has 2 rings (SSSR count). The fraction of sp³-hybridized carbons (Fsp3) is 0.273. The largest absolute Gasteiger partial charge is 0.497 e. The number of hydrogen-bond donors (Lipinski definition) is 1. The SMILES string of the molecule is COc1cc(C(C)=O)c2nc(C)[nH]c2c1. The smallest absolute Gasteiger partial charge is 0.162 e. The van der Waals surface area contributed by atoms with E-state index in [1.54, 1.807) is 13.2 Å². The Kier molecular flexibility index (Phi) is 2.19. The van der Waals surface area contributed by atoms with E-state index in [0.717, 1.165) is 11.3 Å². The second-order valence-corrected chi connectivity index (χ2v) is 3.45. The lowest BCUT2D eigenvalue weighted by Gasteiger charge is -2.02. The van der Waals surface area contributed by atoms with E-state index in [-0.39, 0.29) is 5.78 Å². The van der Waals surface area contributed by atoms with Crippen molar-refractivity contribution in [1.82, 2.24) is 9.97 Å². The highest BCUT2D eigenvalue weighted by Gasteiger charge is 2.11. The summed E-state index contributed by atoms with van der Waals surface area (Å²) < 4.78 is 5.12. The van der Waals surface area contributed by atoms with Gasteiger partial charge in [0.25, 0.3) is 0 Å². The van der Waals surface area contributed by atoms with Crippen molar-refractivity contribution in [3.8, 4) is 5.75 Å². The lowest BCUT2D eigenvalue weighted by molar-refractivity contribution is 0.101. The molecule has 0 bridgehead atoms. The minimum Gasteiger partial charge on any atom is -0.497 e. The maximum atomic E-state index is 11.4. The van der Waals surface area contributed by atoms with Crippen LogP contribution < -0.4 is 4.74 Å². The molecule has 4 nitrogen and oxygen atoms in total. The maximum Gasteiger partial charge on any atom is 0.162 e. The number of Topliss-reactive ketones (excluding diaryl/α,β-unsaturated/α-hetero) is 1. The number of aromatic nitrogens is 2. The van der Waals surface area contributed by atoms with Gasteiger partial charge in [0.05, 0.1) is 18.1 Å². The summed E-state index contributed by atoms with van der Waals surface area (Å²) in [7, 11) is 1.58. The van der Waals surface area contributed by atoms with Crippen molar-refractivity contribution in [3.63, 3.8) is 0 Å². The van der Waals surface area contributed by atoms with Gasteiger partial charge < -0.3 is 9.72 Å². The zero-order chi connectivity index (χ0) is 11.0. The van der Waals surface area contributed by atoms with E-state index in [1.807, 2.05) is 13.0 Å². The van der Waals surface area contributed by atoms with E-state index < -0.39 is 0 Å². The molecule has 1 aromatic carbocycles. The molecule has 0 unspecified atom stereocenters. The predicted molar refractivity (Wildman–Crippen MR) is 57.4 cm³/mol. The van der Waals surface area contributed by atoms with Gasteiger partial charge in [0.1, 0.15) is 11.6 Å². The summed E-state index contributed by atoms with van der Waals surface area (Å²) >= 11 is 0. The number of methoxy groups -OCH3 is 1. The Morgan fingerprint density at radius 1 is 1.47 bits per heavy atom. The molecule has 0 saturated carbocycles. The lowest BCUT2D eigenvalue weighted by Crippen LogP contribution is -1.95. The Balaban J connectivity index is 2.79. The van der Waals surface area contributed by atoms with Gasteiger partial charge in [-0.3, -0.25) is 4.79 Å². The van der Waals surface area contributed by atoms with Gasteiger partial charge in [-0.1, -0.05) is 0 Å². The van der Waals surface area contributed by atoms with Crippen molar-refractivity contribution in [2.75, 3.05) is 7.11 Å². The summed E-state index contributed by atoms with van der Waals surface area (Å²) in [6.07, 6.45) is 0. The van der Waals surface area contributed by atoms with E-state index in [1.165, 1.54) is 6.92 Å². The van der Waals surface area contributed by atoms with Crippen LogP contribution in [0.15, 0.2) is 12.1 Å². The van der Waals surface area contributed by atoms with Crippen molar-refractivity contribution >= 4 is 16.8 Å². The minimum atomic E-state index is -0.00889. The number of fused-ring (bicyclic) bond motifs is 1. The maximum absolute atomic E-state index is 11.4. The number of nitrogens with one attached hydrogen (secondary N) is 1. The molecule has 78 valence electrons. The normalized spacial score (nSPS) is 10.6. The van der Waals surface area contributed by atoms with Gasteiger partial charge in [0.2, 0.25) is 0 Å². The Labute approximate surface area is 87.3 Å². The fourth-order valence-electron chi connectivity index (χ4n) is 1.60. The number of carbonyl (C=O) groups excluding carboxylic acids is 1. The molecule has 0 spiro atoms. The Hall–Kier alpha value is -1.84. The van der Waals surface area contributed by atoms with Gasteiger partial charge in [-0.05, 0) is 19.9 Å². The third kappa shape index (κ3) is 1.58. The quantitative estimate of drug-likeness (QED) is 0.762. The van der Waals surface area contributed by atoms with Crippen molar-refractivity contribution in [2.24, 2.45) is 0 Å². The van der Waals surface area contributed by atoms with Crippen LogP contribution in [0.2, 0.25) is 0 Å². The zero-order valence-corrected chi connectivity index (χ0v) is 8.92. The predicted octanol–water partition coefficient (Wildman–Crippen LogP) is 2.08. The molecule has 0 radical (unpaired) electrons. The van der Waals surface area contributed by atoms with E-state index in [2.05, 4.69) is 9.97 Å². The zero-order valence-electron chi connectivity index (χ0n) is 8.92. The first kappa shape index (κ1) is 9.71. The van der Waals surface area contributed by atoms with E-state index in [4.69, 9.17) is 4.74 Å². The molecule has 0 fully saturated rings. The van der Waals surface area contributed by atoms with Crippen LogP contribution in [0.3, 0.4) is 0 Å². The first-order valence-corrected chi connectivity index (χ1v) is 4.67. The molecule has 15 heavy (non-hydrogen) atoms. The number of aromatic amines is 1. The second kappa shape index (κ2) is 3.38. The lowest BCUT2D eigenvalue weighted by atomic mass is 10.1. The van der Waals surface area contributed by atoms with Gasteiger partial charge in [0, 0.05) is 11.6 Å². The molecule has 0 amide bonds. The Morgan fingerprint density at radius 2 is 2.20 bits per heavy atom. The van der Waals surface area contributed by atoms with Crippen LogP contribution >= 0.6 is 0 Å². The molecule has 1 heterocycles. The second-order valence-electron chi connectivity index (χ2n) is 3.45. The van der Waals surface area contributed by atoms with Crippen molar-refractivity contribution < 1.29 is 9.53 Å². The summed E-state index contributed by atoms with van der Waals surface area (Å²) in [5.74, 6) is 1.45. The summed E-state index contributed by atoms with van der Waals surface area (Å²) in [5, 5.41) is 0. The first-order chi connectivity index (χ1) is 7.11. The van der Waals surface area contributed by atoms with Gasteiger partial charge >= 0.3 is 0 Å².